The van der Waals surface area contributed by atoms with Crippen molar-refractivity contribution in [3.8, 4) is 11.5 Å². The van der Waals surface area contributed by atoms with Crippen molar-refractivity contribution in [2.45, 2.75) is 26.7 Å². The van der Waals surface area contributed by atoms with Gasteiger partial charge in [0, 0.05) is 17.7 Å². The Kier molecular flexibility index (Phi) is 5.03. The average molecular weight is 339 g/mol. The third-order valence-electron chi connectivity index (χ3n) is 4.19. The van der Waals surface area contributed by atoms with Crippen molar-refractivity contribution >= 4 is 17.6 Å². The molecule has 1 aliphatic carbocycles. The molecule has 2 aromatic carbocycles. The minimum atomic E-state index is -0.471. The first-order chi connectivity index (χ1) is 12.0. The monoisotopic (exact) mass is 339 g/mol. The summed E-state index contributed by atoms with van der Waals surface area (Å²) in [6.07, 6.45) is 1.90. The molecule has 0 saturated heterocycles. The molecule has 2 aromatic rings. The van der Waals surface area contributed by atoms with Gasteiger partial charge in [0.2, 0.25) is 5.91 Å². The van der Waals surface area contributed by atoms with Gasteiger partial charge in [-0.05, 0) is 56.0 Å². The van der Waals surface area contributed by atoms with Crippen molar-refractivity contribution in [2.24, 2.45) is 5.92 Å². The number of nitrogens with one attached hydrogen (secondary N) is 1. The largest absolute Gasteiger partial charge is 0.482 e. The summed E-state index contributed by atoms with van der Waals surface area (Å²) in [6, 6.07) is 12.6. The van der Waals surface area contributed by atoms with Gasteiger partial charge in [-0.25, -0.2) is 4.79 Å². The van der Waals surface area contributed by atoms with Crippen LogP contribution in [0.1, 0.15) is 24.0 Å². The Balaban J connectivity index is 1.54. The Labute approximate surface area is 147 Å². The minimum absolute atomic E-state index is 0.0338. The third kappa shape index (κ3) is 4.59. The highest BCUT2D eigenvalue weighted by Crippen LogP contribution is 2.30. The van der Waals surface area contributed by atoms with Gasteiger partial charge in [-0.3, -0.25) is 4.79 Å². The lowest BCUT2D eigenvalue weighted by molar-refractivity contribution is -0.136. The number of aryl methyl sites for hydroxylation is 1. The molecule has 25 heavy (non-hydrogen) atoms. The number of anilines is 1. The zero-order valence-corrected chi connectivity index (χ0v) is 14.4. The maximum Gasteiger partial charge on any atom is 0.349 e. The van der Waals surface area contributed by atoms with E-state index in [9.17, 15) is 9.59 Å². The van der Waals surface area contributed by atoms with Crippen molar-refractivity contribution < 1.29 is 19.1 Å². The topological polar surface area (TPSA) is 64.6 Å². The fourth-order valence-electron chi connectivity index (χ4n) is 2.38. The quantitative estimate of drug-likeness (QED) is 0.645. The van der Waals surface area contributed by atoms with Gasteiger partial charge in [-0.2, -0.15) is 0 Å². The van der Waals surface area contributed by atoms with Gasteiger partial charge in [0.1, 0.15) is 11.5 Å². The first-order valence-electron chi connectivity index (χ1n) is 8.33. The predicted octanol–water partition coefficient (Wildman–Crippen LogP) is 3.64. The van der Waals surface area contributed by atoms with E-state index in [0.717, 1.165) is 24.0 Å². The summed E-state index contributed by atoms with van der Waals surface area (Å²) in [7, 11) is 0. The van der Waals surface area contributed by atoms with Crippen LogP contribution in [0.5, 0.6) is 11.5 Å². The Morgan fingerprint density at radius 1 is 1.12 bits per heavy atom. The lowest BCUT2D eigenvalue weighted by Crippen LogP contribution is -2.18. The van der Waals surface area contributed by atoms with E-state index in [4.69, 9.17) is 9.47 Å². The van der Waals surface area contributed by atoms with E-state index in [1.807, 2.05) is 26.0 Å². The second kappa shape index (κ2) is 7.38. The zero-order chi connectivity index (χ0) is 17.8. The standard InChI is InChI=1S/C20H21NO4/c1-13-5-3-8-18(14(13)2)25-19(22)12-24-17-7-4-6-16(11-17)21-20(23)15-9-10-15/h3-8,11,15H,9-10,12H2,1-2H3,(H,21,23). The number of ether oxygens (including phenoxy) is 2. The van der Waals surface area contributed by atoms with E-state index in [0.29, 0.717) is 17.2 Å². The van der Waals surface area contributed by atoms with Crippen molar-refractivity contribution in [3.63, 3.8) is 0 Å². The second-order valence-corrected chi connectivity index (χ2v) is 6.25. The summed E-state index contributed by atoms with van der Waals surface area (Å²) < 4.78 is 10.8. The van der Waals surface area contributed by atoms with Crippen molar-refractivity contribution in [1.82, 2.24) is 0 Å². The minimum Gasteiger partial charge on any atom is -0.482 e. The number of esters is 1. The van der Waals surface area contributed by atoms with Gasteiger partial charge in [-0.15, -0.1) is 0 Å². The highest BCUT2D eigenvalue weighted by Gasteiger charge is 2.29. The van der Waals surface area contributed by atoms with Gasteiger partial charge < -0.3 is 14.8 Å². The number of rotatable bonds is 6. The van der Waals surface area contributed by atoms with E-state index < -0.39 is 5.97 Å². The maximum atomic E-state index is 12.0. The molecule has 1 fully saturated rings. The smallest absolute Gasteiger partial charge is 0.349 e. The van der Waals surface area contributed by atoms with Crippen LogP contribution in [-0.4, -0.2) is 18.5 Å². The highest BCUT2D eigenvalue weighted by atomic mass is 16.6. The van der Waals surface area contributed by atoms with Crippen LogP contribution < -0.4 is 14.8 Å². The van der Waals surface area contributed by atoms with E-state index in [-0.39, 0.29) is 18.4 Å². The van der Waals surface area contributed by atoms with Gasteiger partial charge >= 0.3 is 5.97 Å². The molecule has 0 bridgehead atoms. The molecule has 130 valence electrons. The van der Waals surface area contributed by atoms with Crippen LogP contribution in [0.4, 0.5) is 5.69 Å². The van der Waals surface area contributed by atoms with Crippen LogP contribution in [0.15, 0.2) is 42.5 Å². The maximum absolute atomic E-state index is 12.0. The van der Waals surface area contributed by atoms with Crippen LogP contribution >= 0.6 is 0 Å². The lowest BCUT2D eigenvalue weighted by atomic mass is 10.1. The summed E-state index contributed by atoms with van der Waals surface area (Å²) in [5, 5.41) is 2.85. The molecule has 0 aromatic heterocycles. The molecule has 1 N–H and O–H groups in total. The Hall–Kier alpha value is -2.82. The number of hydrogen-bond acceptors (Lipinski definition) is 4. The van der Waals surface area contributed by atoms with E-state index in [1.165, 1.54) is 0 Å². The SMILES string of the molecule is Cc1cccc(OC(=O)COc2cccc(NC(=O)C3CC3)c2)c1C. The molecule has 0 spiro atoms. The van der Waals surface area contributed by atoms with E-state index >= 15 is 0 Å². The highest BCUT2D eigenvalue weighted by molar-refractivity contribution is 5.94. The Bertz CT molecular complexity index is 796. The van der Waals surface area contributed by atoms with E-state index in [1.54, 1.807) is 30.3 Å². The van der Waals surface area contributed by atoms with E-state index in [2.05, 4.69) is 5.32 Å². The molecule has 1 saturated carbocycles. The molecular weight excluding hydrogens is 318 g/mol. The molecule has 5 nitrogen and oxygen atoms in total. The van der Waals surface area contributed by atoms with Gasteiger partial charge in [-0.1, -0.05) is 18.2 Å². The van der Waals surface area contributed by atoms with Crippen molar-refractivity contribution in [2.75, 3.05) is 11.9 Å². The van der Waals surface area contributed by atoms with Gasteiger partial charge in [0.15, 0.2) is 6.61 Å². The van der Waals surface area contributed by atoms with Crippen LogP contribution in [0.25, 0.3) is 0 Å². The third-order valence-corrected chi connectivity index (χ3v) is 4.19. The Morgan fingerprint density at radius 2 is 1.88 bits per heavy atom. The first kappa shape index (κ1) is 17.0. The normalized spacial score (nSPS) is 13.2. The molecular formula is C20H21NO4. The van der Waals surface area contributed by atoms with Gasteiger partial charge in [0.25, 0.3) is 0 Å². The average Bonchev–Trinajstić information content (AvgIpc) is 3.43. The number of amides is 1. The van der Waals surface area contributed by atoms with Crippen LogP contribution in [-0.2, 0) is 9.59 Å². The van der Waals surface area contributed by atoms with Crippen LogP contribution in [0.2, 0.25) is 0 Å². The molecule has 5 heteroatoms. The molecule has 0 heterocycles. The van der Waals surface area contributed by atoms with Crippen LogP contribution in [0.3, 0.4) is 0 Å². The van der Waals surface area contributed by atoms with Gasteiger partial charge in [0.05, 0.1) is 0 Å². The predicted molar refractivity (Wildman–Crippen MR) is 94.8 cm³/mol. The summed E-state index contributed by atoms with van der Waals surface area (Å²) in [4.78, 5) is 23.8. The molecule has 0 atom stereocenters. The summed E-state index contributed by atoms with van der Waals surface area (Å²) in [6.45, 7) is 3.67. The lowest BCUT2D eigenvalue weighted by Gasteiger charge is -2.11. The summed E-state index contributed by atoms with van der Waals surface area (Å²) >= 11 is 0. The fraction of sp³-hybridized carbons (Fsp3) is 0.300. The summed E-state index contributed by atoms with van der Waals surface area (Å²) in [5.41, 5.74) is 2.66. The first-order valence-corrected chi connectivity index (χ1v) is 8.33. The molecule has 0 aliphatic heterocycles. The second-order valence-electron chi connectivity index (χ2n) is 6.25. The number of carbonyl (C=O) groups excluding carboxylic acids is 2. The van der Waals surface area contributed by atoms with Crippen molar-refractivity contribution in [1.29, 1.82) is 0 Å². The Morgan fingerprint density at radius 3 is 2.64 bits per heavy atom. The molecule has 1 aliphatic rings. The molecule has 1 amide bonds. The molecule has 3 rings (SSSR count). The molecule has 0 unspecified atom stereocenters. The van der Waals surface area contributed by atoms with Crippen LogP contribution in [0, 0.1) is 19.8 Å². The van der Waals surface area contributed by atoms with Crippen molar-refractivity contribution in [3.05, 3.63) is 53.6 Å². The number of hydrogen-bond donors (Lipinski definition) is 1. The zero-order valence-electron chi connectivity index (χ0n) is 14.4. The number of carbonyl (C=O) groups is 2. The molecule has 0 radical (unpaired) electrons. The fourth-order valence-corrected chi connectivity index (χ4v) is 2.38. The summed E-state index contributed by atoms with van der Waals surface area (Å²) in [5.74, 6) is 0.746. The number of benzene rings is 2.